The lowest BCUT2D eigenvalue weighted by molar-refractivity contribution is 0.102. The van der Waals surface area contributed by atoms with Crippen LogP contribution in [0.2, 0.25) is 0 Å². The maximum atomic E-state index is 11.9. The molecule has 6 heteroatoms. The van der Waals surface area contributed by atoms with Gasteiger partial charge in [0.25, 0.3) is 5.91 Å². The highest BCUT2D eigenvalue weighted by molar-refractivity contribution is 7.08. The molecule has 3 rings (SSSR count). The average Bonchev–Trinajstić information content (AvgIpc) is 3.05. The van der Waals surface area contributed by atoms with Gasteiger partial charge in [-0.2, -0.15) is 11.3 Å². The summed E-state index contributed by atoms with van der Waals surface area (Å²) >= 11 is 1.47. The second kappa shape index (κ2) is 6.15. The van der Waals surface area contributed by atoms with Gasteiger partial charge in [-0.15, -0.1) is 0 Å². The van der Waals surface area contributed by atoms with E-state index in [1.165, 1.54) is 23.7 Å². The average molecular weight is 297 g/mol. The molecule has 5 nitrogen and oxygen atoms in total. The lowest BCUT2D eigenvalue weighted by Gasteiger charge is -2.05. The molecule has 1 aromatic carbocycles. The number of nitrogens with zero attached hydrogens (tertiary/aromatic N) is 2. The molecule has 0 aliphatic rings. The van der Waals surface area contributed by atoms with Crippen LogP contribution in [-0.2, 0) is 0 Å². The molecule has 0 spiro atoms. The fourth-order valence-corrected chi connectivity index (χ4v) is 2.26. The second-order valence-corrected chi connectivity index (χ2v) is 4.92. The molecule has 0 fully saturated rings. The summed E-state index contributed by atoms with van der Waals surface area (Å²) < 4.78 is 5.48. The van der Waals surface area contributed by atoms with E-state index in [1.54, 1.807) is 11.4 Å². The standard InChI is InChI=1S/C15H11N3O2S/c19-14(11-6-7-21-10-11)18-12-8-16-15(17-9-12)20-13-4-2-1-3-5-13/h1-10H,(H,18,19). The van der Waals surface area contributed by atoms with E-state index >= 15 is 0 Å². The van der Waals surface area contributed by atoms with E-state index in [1.807, 2.05) is 35.7 Å². The van der Waals surface area contributed by atoms with Crippen molar-refractivity contribution in [3.8, 4) is 11.8 Å². The normalized spacial score (nSPS) is 10.1. The minimum atomic E-state index is -0.184. The topological polar surface area (TPSA) is 64.1 Å². The summed E-state index contributed by atoms with van der Waals surface area (Å²) in [7, 11) is 0. The van der Waals surface area contributed by atoms with E-state index in [2.05, 4.69) is 15.3 Å². The summed E-state index contributed by atoms with van der Waals surface area (Å²) in [6.07, 6.45) is 3.02. The second-order valence-electron chi connectivity index (χ2n) is 4.14. The number of amides is 1. The summed E-state index contributed by atoms with van der Waals surface area (Å²) in [5, 5.41) is 6.35. The fourth-order valence-electron chi connectivity index (χ4n) is 1.62. The molecule has 21 heavy (non-hydrogen) atoms. The predicted molar refractivity (Wildman–Crippen MR) is 80.8 cm³/mol. The van der Waals surface area contributed by atoms with Gasteiger partial charge in [0.05, 0.1) is 23.6 Å². The summed E-state index contributed by atoms with van der Waals surface area (Å²) in [5.74, 6) is 0.476. The van der Waals surface area contributed by atoms with Gasteiger partial charge in [0, 0.05) is 5.38 Å². The molecule has 104 valence electrons. The third-order valence-corrected chi connectivity index (χ3v) is 3.30. The van der Waals surface area contributed by atoms with Crippen molar-refractivity contribution in [2.45, 2.75) is 0 Å². The van der Waals surface area contributed by atoms with E-state index < -0.39 is 0 Å². The number of anilines is 1. The van der Waals surface area contributed by atoms with Crippen LogP contribution in [-0.4, -0.2) is 15.9 Å². The van der Waals surface area contributed by atoms with E-state index in [9.17, 15) is 4.79 Å². The third-order valence-electron chi connectivity index (χ3n) is 2.62. The highest BCUT2D eigenvalue weighted by Crippen LogP contribution is 2.17. The first-order chi connectivity index (χ1) is 10.3. The van der Waals surface area contributed by atoms with Gasteiger partial charge in [0.15, 0.2) is 0 Å². The van der Waals surface area contributed by atoms with Crippen LogP contribution in [0.4, 0.5) is 5.69 Å². The molecule has 0 atom stereocenters. The van der Waals surface area contributed by atoms with E-state index in [4.69, 9.17) is 4.74 Å². The lowest BCUT2D eigenvalue weighted by Crippen LogP contribution is -2.11. The van der Waals surface area contributed by atoms with Crippen LogP contribution < -0.4 is 10.1 Å². The van der Waals surface area contributed by atoms with Crippen molar-refractivity contribution in [2.24, 2.45) is 0 Å². The molecule has 1 N–H and O–H groups in total. The van der Waals surface area contributed by atoms with Gasteiger partial charge in [-0.25, -0.2) is 9.97 Å². The Balaban J connectivity index is 1.65. The van der Waals surface area contributed by atoms with Crippen LogP contribution in [0.25, 0.3) is 0 Å². The van der Waals surface area contributed by atoms with Crippen LogP contribution in [0.5, 0.6) is 11.8 Å². The zero-order chi connectivity index (χ0) is 14.5. The number of para-hydroxylation sites is 1. The Bertz CT molecular complexity index is 712. The molecule has 0 aliphatic heterocycles. The molecule has 2 heterocycles. The van der Waals surface area contributed by atoms with Crippen molar-refractivity contribution in [3.63, 3.8) is 0 Å². The Morgan fingerprint density at radius 3 is 2.52 bits per heavy atom. The quantitative estimate of drug-likeness (QED) is 0.799. The molecule has 0 aliphatic carbocycles. The summed E-state index contributed by atoms with van der Waals surface area (Å²) in [4.78, 5) is 20.0. The molecule has 0 saturated heterocycles. The smallest absolute Gasteiger partial charge is 0.322 e. The van der Waals surface area contributed by atoms with Crippen molar-refractivity contribution in [1.82, 2.24) is 9.97 Å². The predicted octanol–water partition coefficient (Wildman–Crippen LogP) is 3.58. The molecule has 0 bridgehead atoms. The molecule has 0 saturated carbocycles. The zero-order valence-corrected chi connectivity index (χ0v) is 11.7. The van der Waals surface area contributed by atoms with Crippen molar-refractivity contribution in [1.29, 1.82) is 0 Å². The molecule has 1 amide bonds. The van der Waals surface area contributed by atoms with Crippen LogP contribution in [0, 0.1) is 0 Å². The van der Waals surface area contributed by atoms with Crippen molar-refractivity contribution >= 4 is 22.9 Å². The number of benzene rings is 1. The summed E-state index contributed by atoms with van der Waals surface area (Å²) in [6.45, 7) is 0. The number of ether oxygens (including phenoxy) is 1. The van der Waals surface area contributed by atoms with Gasteiger partial charge in [0.2, 0.25) is 0 Å². The minimum absolute atomic E-state index is 0.184. The van der Waals surface area contributed by atoms with Crippen LogP contribution in [0.3, 0.4) is 0 Å². The van der Waals surface area contributed by atoms with Crippen molar-refractivity contribution < 1.29 is 9.53 Å². The first kappa shape index (κ1) is 13.3. The van der Waals surface area contributed by atoms with E-state index in [0.717, 1.165) is 0 Å². The lowest BCUT2D eigenvalue weighted by atomic mass is 10.3. The van der Waals surface area contributed by atoms with Gasteiger partial charge in [0.1, 0.15) is 5.75 Å². The van der Waals surface area contributed by atoms with Gasteiger partial charge < -0.3 is 10.1 Å². The van der Waals surface area contributed by atoms with Crippen molar-refractivity contribution in [3.05, 3.63) is 65.1 Å². The SMILES string of the molecule is O=C(Nc1cnc(Oc2ccccc2)nc1)c1ccsc1. The highest BCUT2D eigenvalue weighted by Gasteiger charge is 2.07. The number of nitrogens with one attached hydrogen (secondary N) is 1. The Morgan fingerprint density at radius 2 is 1.86 bits per heavy atom. The summed E-state index contributed by atoms with van der Waals surface area (Å²) in [5.41, 5.74) is 1.14. The molecular formula is C15H11N3O2S. The Morgan fingerprint density at radius 1 is 1.10 bits per heavy atom. The van der Waals surface area contributed by atoms with Gasteiger partial charge in [-0.05, 0) is 23.6 Å². The van der Waals surface area contributed by atoms with Crippen molar-refractivity contribution in [2.75, 3.05) is 5.32 Å². The third kappa shape index (κ3) is 3.43. The molecule has 0 radical (unpaired) electrons. The van der Waals surface area contributed by atoms with Gasteiger partial charge in [-0.3, -0.25) is 4.79 Å². The zero-order valence-electron chi connectivity index (χ0n) is 10.9. The number of rotatable bonds is 4. The fraction of sp³-hybridized carbons (Fsp3) is 0. The van der Waals surface area contributed by atoms with E-state index in [-0.39, 0.29) is 11.9 Å². The number of hydrogen-bond acceptors (Lipinski definition) is 5. The maximum Gasteiger partial charge on any atom is 0.322 e. The number of aromatic nitrogens is 2. The number of carbonyl (C=O) groups is 1. The Hall–Kier alpha value is -2.73. The minimum Gasteiger partial charge on any atom is -0.424 e. The first-order valence-corrected chi connectivity index (χ1v) is 7.14. The van der Waals surface area contributed by atoms with E-state index in [0.29, 0.717) is 17.0 Å². The monoisotopic (exact) mass is 297 g/mol. The molecular weight excluding hydrogens is 286 g/mol. The van der Waals surface area contributed by atoms with Crippen LogP contribution >= 0.6 is 11.3 Å². The summed E-state index contributed by atoms with van der Waals surface area (Å²) in [6, 6.07) is 11.3. The molecule has 0 unspecified atom stereocenters. The Labute approximate surface area is 125 Å². The highest BCUT2D eigenvalue weighted by atomic mass is 32.1. The van der Waals surface area contributed by atoms with Gasteiger partial charge in [-0.1, -0.05) is 18.2 Å². The van der Waals surface area contributed by atoms with Crippen LogP contribution in [0.1, 0.15) is 10.4 Å². The number of carbonyl (C=O) groups excluding carboxylic acids is 1. The molecule has 3 aromatic rings. The van der Waals surface area contributed by atoms with Crippen LogP contribution in [0.15, 0.2) is 59.6 Å². The number of thiophene rings is 1. The molecule has 2 aromatic heterocycles. The largest absolute Gasteiger partial charge is 0.424 e. The Kier molecular flexibility index (Phi) is 3.88. The first-order valence-electron chi connectivity index (χ1n) is 6.20. The maximum absolute atomic E-state index is 11.9. The van der Waals surface area contributed by atoms with Gasteiger partial charge >= 0.3 is 6.01 Å². The number of hydrogen-bond donors (Lipinski definition) is 1.